The first-order chi connectivity index (χ1) is 7.20. The Labute approximate surface area is 97.3 Å². The molecule has 15 heavy (non-hydrogen) atoms. The first kappa shape index (κ1) is 10.6. The smallest absolute Gasteiger partial charge is 0.158 e. The largest absolute Gasteiger partial charge is 0.295 e. The van der Waals surface area contributed by atoms with Gasteiger partial charge in [-0.25, -0.2) is 0 Å². The molecule has 1 fully saturated rings. The van der Waals surface area contributed by atoms with Gasteiger partial charge in [0.2, 0.25) is 0 Å². The highest BCUT2D eigenvalue weighted by molar-refractivity contribution is 9.10. The summed E-state index contributed by atoms with van der Waals surface area (Å²) in [5.74, 6) is 0.515. The van der Waals surface area contributed by atoms with Crippen molar-refractivity contribution in [3.05, 3.63) is 22.4 Å². The maximum absolute atomic E-state index is 11.4. The van der Waals surface area contributed by atoms with E-state index in [0.29, 0.717) is 0 Å². The lowest BCUT2D eigenvalue weighted by atomic mass is 10.2. The van der Waals surface area contributed by atoms with E-state index >= 15 is 0 Å². The van der Waals surface area contributed by atoms with Crippen LogP contribution in [-0.2, 0) is 11.3 Å². The van der Waals surface area contributed by atoms with Crippen molar-refractivity contribution < 1.29 is 4.79 Å². The number of rotatable bonds is 4. The van der Waals surface area contributed by atoms with Crippen molar-refractivity contribution in [1.29, 1.82) is 0 Å². The van der Waals surface area contributed by atoms with Crippen molar-refractivity contribution in [2.45, 2.75) is 26.3 Å². The van der Waals surface area contributed by atoms with E-state index in [4.69, 9.17) is 0 Å². The average Bonchev–Trinajstić information content (AvgIpc) is 3.00. The van der Waals surface area contributed by atoms with E-state index in [9.17, 15) is 4.79 Å². The van der Waals surface area contributed by atoms with E-state index < -0.39 is 0 Å². The fraction of sp³-hybridized carbons (Fsp3) is 0.455. The van der Waals surface area contributed by atoms with Gasteiger partial charge in [-0.2, -0.15) is 5.10 Å². The predicted octanol–water partition coefficient (Wildman–Crippen LogP) is 2.66. The summed E-state index contributed by atoms with van der Waals surface area (Å²) in [4.78, 5) is 11.4. The molecule has 4 heteroatoms. The lowest BCUT2D eigenvalue weighted by Gasteiger charge is -1.90. The number of nitrogens with zero attached hydrogens (tertiary/aromatic N) is 2. The second kappa shape index (κ2) is 4.31. The highest BCUT2D eigenvalue weighted by Crippen LogP contribution is 2.30. The van der Waals surface area contributed by atoms with Crippen molar-refractivity contribution in [1.82, 2.24) is 9.78 Å². The molecule has 80 valence electrons. The molecule has 0 radical (unpaired) electrons. The Balaban J connectivity index is 2.08. The molecule has 1 aromatic heterocycles. The third-order valence-corrected chi connectivity index (χ3v) is 3.06. The normalized spacial score (nSPS) is 16.1. The molecule has 0 amide bonds. The van der Waals surface area contributed by atoms with Crippen molar-refractivity contribution in [2.75, 3.05) is 0 Å². The molecule has 0 saturated heterocycles. The minimum atomic E-state index is 0.230. The van der Waals surface area contributed by atoms with E-state index in [1.165, 1.54) is 0 Å². The highest BCUT2D eigenvalue weighted by atomic mass is 79.9. The lowest BCUT2D eigenvalue weighted by molar-refractivity contribution is -0.115. The Bertz CT molecular complexity index is 405. The topological polar surface area (TPSA) is 34.9 Å². The summed E-state index contributed by atoms with van der Waals surface area (Å²) in [7, 11) is 0. The number of aromatic nitrogens is 2. The molecule has 1 aromatic rings. The molecule has 0 aromatic carbocycles. The number of hydrogen-bond donors (Lipinski definition) is 0. The Morgan fingerprint density at radius 2 is 2.47 bits per heavy atom. The van der Waals surface area contributed by atoms with E-state index in [1.54, 1.807) is 12.2 Å². The monoisotopic (exact) mass is 268 g/mol. The van der Waals surface area contributed by atoms with Gasteiger partial charge in [-0.1, -0.05) is 0 Å². The van der Waals surface area contributed by atoms with Gasteiger partial charge in [-0.05, 0) is 47.8 Å². The molecule has 3 nitrogen and oxygen atoms in total. The van der Waals surface area contributed by atoms with Gasteiger partial charge in [0.05, 0.1) is 10.2 Å². The summed E-state index contributed by atoms with van der Waals surface area (Å²) >= 11 is 3.41. The summed E-state index contributed by atoms with van der Waals surface area (Å²) < 4.78 is 2.77. The molecule has 0 N–H and O–H groups in total. The Morgan fingerprint density at radius 3 is 3.00 bits per heavy atom. The summed E-state index contributed by atoms with van der Waals surface area (Å²) in [5, 5.41) is 4.31. The number of carbonyl (C=O) groups is 1. The average molecular weight is 269 g/mol. The maximum Gasteiger partial charge on any atom is 0.158 e. The molecule has 1 aliphatic carbocycles. The van der Waals surface area contributed by atoms with E-state index in [-0.39, 0.29) is 11.7 Å². The van der Waals surface area contributed by atoms with Crippen LogP contribution in [0.25, 0.3) is 6.08 Å². The molecule has 0 atom stereocenters. The zero-order chi connectivity index (χ0) is 10.8. The maximum atomic E-state index is 11.4. The first-order valence-electron chi connectivity index (χ1n) is 5.15. The van der Waals surface area contributed by atoms with Gasteiger partial charge >= 0.3 is 0 Å². The molecule has 1 saturated carbocycles. The van der Waals surface area contributed by atoms with Gasteiger partial charge in [0, 0.05) is 18.7 Å². The molecule has 0 spiro atoms. The van der Waals surface area contributed by atoms with Gasteiger partial charge in [-0.3, -0.25) is 9.48 Å². The van der Waals surface area contributed by atoms with Crippen molar-refractivity contribution in [3.8, 4) is 0 Å². The van der Waals surface area contributed by atoms with Crippen LogP contribution < -0.4 is 0 Å². The summed E-state index contributed by atoms with van der Waals surface area (Å²) in [6.45, 7) is 2.87. The zero-order valence-corrected chi connectivity index (χ0v) is 10.2. The molecule has 0 unspecified atom stereocenters. The quantitative estimate of drug-likeness (QED) is 0.787. The van der Waals surface area contributed by atoms with Gasteiger partial charge in [0.1, 0.15) is 0 Å². The van der Waals surface area contributed by atoms with Gasteiger partial charge in [0.25, 0.3) is 0 Å². The molecule has 1 aliphatic rings. The van der Waals surface area contributed by atoms with Crippen molar-refractivity contribution >= 4 is 27.8 Å². The van der Waals surface area contributed by atoms with Crippen LogP contribution in [0.15, 0.2) is 16.7 Å². The molecule has 1 heterocycles. The molecular weight excluding hydrogens is 256 g/mol. The number of hydrogen-bond acceptors (Lipinski definition) is 2. The van der Waals surface area contributed by atoms with E-state index in [0.717, 1.165) is 29.6 Å². The van der Waals surface area contributed by atoms with Gasteiger partial charge in [-0.15, -0.1) is 0 Å². The second-order valence-electron chi connectivity index (χ2n) is 3.73. The van der Waals surface area contributed by atoms with Crippen LogP contribution in [0.2, 0.25) is 0 Å². The number of ketones is 1. The molecule has 0 bridgehead atoms. The zero-order valence-electron chi connectivity index (χ0n) is 8.61. The fourth-order valence-corrected chi connectivity index (χ4v) is 1.80. The van der Waals surface area contributed by atoms with Crippen LogP contribution >= 0.6 is 15.9 Å². The van der Waals surface area contributed by atoms with Crippen LogP contribution in [-0.4, -0.2) is 15.6 Å². The van der Waals surface area contributed by atoms with Gasteiger partial charge < -0.3 is 0 Å². The molecule has 0 aliphatic heterocycles. The fourth-order valence-electron chi connectivity index (χ4n) is 1.35. The SMILES string of the molecule is CCn1cc(Br)c(/C=C/C(=O)C2CC2)n1. The van der Waals surface area contributed by atoms with Crippen LogP contribution in [0, 0.1) is 5.92 Å². The second-order valence-corrected chi connectivity index (χ2v) is 4.58. The number of aryl methyl sites for hydroxylation is 1. The first-order valence-corrected chi connectivity index (χ1v) is 5.95. The van der Waals surface area contributed by atoms with E-state index in [2.05, 4.69) is 21.0 Å². The highest BCUT2D eigenvalue weighted by Gasteiger charge is 2.27. The lowest BCUT2D eigenvalue weighted by Crippen LogP contribution is -1.95. The Kier molecular flexibility index (Phi) is 3.05. The minimum Gasteiger partial charge on any atom is -0.295 e. The number of halogens is 1. The third kappa shape index (κ3) is 2.56. The molecule has 2 rings (SSSR count). The van der Waals surface area contributed by atoms with Crippen molar-refractivity contribution in [2.24, 2.45) is 5.92 Å². The van der Waals surface area contributed by atoms with Crippen LogP contribution in [0.5, 0.6) is 0 Å². The summed E-state index contributed by atoms with van der Waals surface area (Å²) in [5.41, 5.74) is 0.825. The minimum absolute atomic E-state index is 0.230. The summed E-state index contributed by atoms with van der Waals surface area (Å²) in [6, 6.07) is 0. The van der Waals surface area contributed by atoms with Crippen LogP contribution in [0.1, 0.15) is 25.5 Å². The van der Waals surface area contributed by atoms with Gasteiger partial charge in [0.15, 0.2) is 5.78 Å². The standard InChI is InChI=1S/C11H13BrN2O/c1-2-14-7-9(12)10(13-14)5-6-11(15)8-3-4-8/h5-8H,2-4H2,1H3/b6-5+. The van der Waals surface area contributed by atoms with Crippen LogP contribution in [0.3, 0.4) is 0 Å². The van der Waals surface area contributed by atoms with Crippen molar-refractivity contribution in [3.63, 3.8) is 0 Å². The van der Waals surface area contributed by atoms with Crippen LogP contribution in [0.4, 0.5) is 0 Å². The summed E-state index contributed by atoms with van der Waals surface area (Å²) in [6.07, 6.45) is 7.45. The third-order valence-electron chi connectivity index (χ3n) is 2.45. The van der Waals surface area contributed by atoms with E-state index in [1.807, 2.05) is 17.8 Å². The number of carbonyl (C=O) groups excluding carboxylic acids is 1. The molecular formula is C11H13BrN2O. The number of allylic oxidation sites excluding steroid dienone is 1. The predicted molar refractivity (Wildman–Crippen MR) is 62.4 cm³/mol. The Morgan fingerprint density at radius 1 is 1.73 bits per heavy atom. The Hall–Kier alpha value is -0.900.